The summed E-state index contributed by atoms with van der Waals surface area (Å²) in [5.41, 5.74) is 0.695. The van der Waals surface area contributed by atoms with E-state index in [1.54, 1.807) is 19.2 Å². The Morgan fingerprint density at radius 1 is 1.40 bits per heavy atom. The molecule has 1 heterocycles. The summed E-state index contributed by atoms with van der Waals surface area (Å²) >= 11 is 1.35. The maximum Gasteiger partial charge on any atom is 0.260 e. The lowest BCUT2D eigenvalue weighted by Crippen LogP contribution is -1.94. The topological polar surface area (TPSA) is 43.1 Å². The third-order valence-electron chi connectivity index (χ3n) is 1.87. The number of carbonyl (C=O) groups is 1. The van der Waals surface area contributed by atoms with Crippen LogP contribution in [-0.2, 0) is 0 Å². The van der Waals surface area contributed by atoms with E-state index in [2.05, 4.69) is 4.98 Å². The number of oxazole rings is 1. The molecule has 0 bridgehead atoms. The minimum absolute atomic E-state index is 0.0460. The van der Waals surface area contributed by atoms with E-state index in [0.29, 0.717) is 10.8 Å². The van der Waals surface area contributed by atoms with Gasteiger partial charge in [0.1, 0.15) is 6.26 Å². The summed E-state index contributed by atoms with van der Waals surface area (Å²) < 4.78 is 5.11. The Kier molecular flexibility index (Phi) is 2.87. The summed E-state index contributed by atoms with van der Waals surface area (Å²) in [6, 6.07) is 7.41. The van der Waals surface area contributed by atoms with E-state index in [9.17, 15) is 4.79 Å². The van der Waals surface area contributed by atoms with E-state index < -0.39 is 0 Å². The van der Waals surface area contributed by atoms with Crippen molar-refractivity contribution in [3.05, 3.63) is 42.3 Å². The van der Waals surface area contributed by atoms with Crippen molar-refractivity contribution in [1.29, 1.82) is 0 Å². The van der Waals surface area contributed by atoms with Crippen molar-refractivity contribution in [2.75, 3.05) is 0 Å². The molecule has 0 aliphatic carbocycles. The maximum absolute atomic E-state index is 11.3. The van der Waals surface area contributed by atoms with Gasteiger partial charge in [-0.2, -0.15) is 0 Å². The van der Waals surface area contributed by atoms with Crippen LogP contribution in [0.15, 0.2) is 51.3 Å². The number of carbonyl (C=O) groups excluding carboxylic acids is 1. The molecule has 0 saturated carbocycles. The number of rotatable bonds is 3. The molecule has 1 aromatic heterocycles. The molecule has 4 heteroatoms. The second-order valence-electron chi connectivity index (χ2n) is 2.95. The fraction of sp³-hybridized carbons (Fsp3) is 0.0909. The zero-order chi connectivity index (χ0) is 10.7. The van der Waals surface area contributed by atoms with Crippen LogP contribution in [0.4, 0.5) is 0 Å². The van der Waals surface area contributed by atoms with Crippen molar-refractivity contribution in [3.8, 4) is 0 Å². The number of hydrogen-bond donors (Lipinski definition) is 0. The average molecular weight is 219 g/mol. The van der Waals surface area contributed by atoms with Crippen LogP contribution in [0.2, 0.25) is 0 Å². The molecule has 76 valence electrons. The van der Waals surface area contributed by atoms with Crippen molar-refractivity contribution in [3.63, 3.8) is 0 Å². The highest BCUT2D eigenvalue weighted by atomic mass is 32.2. The lowest BCUT2D eigenvalue weighted by Gasteiger charge is -2.02. The Morgan fingerprint density at radius 3 is 2.87 bits per heavy atom. The molecule has 3 nitrogen and oxygen atoms in total. The van der Waals surface area contributed by atoms with E-state index in [-0.39, 0.29) is 5.78 Å². The van der Waals surface area contributed by atoms with Crippen LogP contribution in [0.25, 0.3) is 0 Å². The summed E-state index contributed by atoms with van der Waals surface area (Å²) in [7, 11) is 0. The molecule has 0 unspecified atom stereocenters. The van der Waals surface area contributed by atoms with Crippen LogP contribution in [0.5, 0.6) is 0 Å². The predicted molar refractivity (Wildman–Crippen MR) is 57.1 cm³/mol. The van der Waals surface area contributed by atoms with Gasteiger partial charge >= 0.3 is 0 Å². The average Bonchev–Trinajstić information content (AvgIpc) is 2.71. The summed E-state index contributed by atoms with van der Waals surface area (Å²) in [4.78, 5) is 16.2. The molecule has 0 N–H and O–H groups in total. The Bertz CT molecular complexity index is 465. The predicted octanol–water partition coefficient (Wildman–Crippen LogP) is 3.03. The fourth-order valence-electron chi connectivity index (χ4n) is 1.20. The first-order chi connectivity index (χ1) is 7.27. The largest absolute Gasteiger partial charge is 0.440 e. The zero-order valence-corrected chi connectivity index (χ0v) is 8.95. The van der Waals surface area contributed by atoms with E-state index >= 15 is 0 Å². The van der Waals surface area contributed by atoms with Gasteiger partial charge in [-0.3, -0.25) is 4.79 Å². The molecule has 0 amide bonds. The van der Waals surface area contributed by atoms with Gasteiger partial charge in [-0.25, -0.2) is 4.98 Å². The van der Waals surface area contributed by atoms with Gasteiger partial charge in [0.2, 0.25) is 0 Å². The Labute approximate surface area is 91.5 Å². The zero-order valence-electron chi connectivity index (χ0n) is 8.14. The summed E-state index contributed by atoms with van der Waals surface area (Å²) in [5.74, 6) is 0.0460. The summed E-state index contributed by atoms with van der Waals surface area (Å²) in [6.45, 7) is 1.55. The molecule has 0 fully saturated rings. The third kappa shape index (κ3) is 2.27. The number of nitrogens with zero attached hydrogens (tertiary/aromatic N) is 1. The number of hydrogen-bond acceptors (Lipinski definition) is 4. The van der Waals surface area contributed by atoms with Gasteiger partial charge in [0.25, 0.3) is 5.22 Å². The summed E-state index contributed by atoms with van der Waals surface area (Å²) in [5, 5.41) is 0.545. The van der Waals surface area contributed by atoms with Gasteiger partial charge in [0, 0.05) is 10.5 Å². The maximum atomic E-state index is 11.3. The van der Waals surface area contributed by atoms with Gasteiger partial charge in [0.15, 0.2) is 5.78 Å². The van der Waals surface area contributed by atoms with Crippen molar-refractivity contribution in [1.82, 2.24) is 4.98 Å². The number of benzene rings is 1. The van der Waals surface area contributed by atoms with Gasteiger partial charge < -0.3 is 4.42 Å². The Balaban J connectivity index is 2.32. The highest BCUT2D eigenvalue weighted by Gasteiger charge is 2.09. The minimum Gasteiger partial charge on any atom is -0.440 e. The first kappa shape index (κ1) is 9.98. The van der Waals surface area contributed by atoms with E-state index in [1.165, 1.54) is 18.0 Å². The number of Topliss-reactive ketones (excluding diaryl/α,β-unsaturated/α-hetero) is 1. The highest BCUT2D eigenvalue weighted by Crippen LogP contribution is 2.29. The van der Waals surface area contributed by atoms with Crippen LogP contribution < -0.4 is 0 Å². The first-order valence-corrected chi connectivity index (χ1v) is 5.26. The lowest BCUT2D eigenvalue weighted by molar-refractivity contribution is 0.101. The molecule has 0 aliphatic heterocycles. The minimum atomic E-state index is 0.0460. The normalized spacial score (nSPS) is 10.2. The quantitative estimate of drug-likeness (QED) is 0.744. The van der Waals surface area contributed by atoms with Crippen LogP contribution >= 0.6 is 11.8 Å². The molecule has 0 saturated heterocycles. The molecular formula is C11H9NO2S. The van der Waals surface area contributed by atoms with E-state index in [4.69, 9.17) is 4.42 Å². The van der Waals surface area contributed by atoms with Crippen molar-refractivity contribution in [2.24, 2.45) is 0 Å². The molecule has 0 radical (unpaired) electrons. The van der Waals surface area contributed by atoms with Crippen molar-refractivity contribution < 1.29 is 9.21 Å². The second kappa shape index (κ2) is 4.31. The first-order valence-electron chi connectivity index (χ1n) is 4.44. The molecule has 1 aromatic carbocycles. The Hall–Kier alpha value is -1.55. The van der Waals surface area contributed by atoms with E-state index in [1.807, 2.05) is 18.2 Å². The van der Waals surface area contributed by atoms with Crippen LogP contribution in [0.1, 0.15) is 17.3 Å². The van der Waals surface area contributed by atoms with Crippen LogP contribution in [0, 0.1) is 0 Å². The van der Waals surface area contributed by atoms with Crippen LogP contribution in [0.3, 0.4) is 0 Å². The lowest BCUT2D eigenvalue weighted by atomic mass is 10.1. The third-order valence-corrected chi connectivity index (χ3v) is 2.83. The molecule has 15 heavy (non-hydrogen) atoms. The number of aromatic nitrogens is 1. The fourth-order valence-corrected chi connectivity index (χ4v) is 2.08. The standard InChI is InChI=1S/C11H9NO2S/c1-8(13)9-4-2-3-5-10(9)15-11-12-6-7-14-11/h2-7H,1H3. The molecule has 2 aromatic rings. The molecular weight excluding hydrogens is 210 g/mol. The van der Waals surface area contributed by atoms with Gasteiger partial charge in [-0.1, -0.05) is 18.2 Å². The molecule has 0 aliphatic rings. The van der Waals surface area contributed by atoms with Gasteiger partial charge in [-0.05, 0) is 24.8 Å². The van der Waals surface area contributed by atoms with Crippen molar-refractivity contribution in [2.45, 2.75) is 17.0 Å². The summed E-state index contributed by atoms with van der Waals surface area (Å²) in [6.07, 6.45) is 3.09. The monoisotopic (exact) mass is 219 g/mol. The molecule has 2 rings (SSSR count). The number of ketones is 1. The van der Waals surface area contributed by atoms with Gasteiger partial charge in [0.05, 0.1) is 6.20 Å². The van der Waals surface area contributed by atoms with Crippen LogP contribution in [-0.4, -0.2) is 10.8 Å². The van der Waals surface area contributed by atoms with Gasteiger partial charge in [-0.15, -0.1) is 0 Å². The smallest absolute Gasteiger partial charge is 0.260 e. The van der Waals surface area contributed by atoms with E-state index in [0.717, 1.165) is 4.90 Å². The molecule has 0 atom stereocenters. The SMILES string of the molecule is CC(=O)c1ccccc1Sc1ncco1. The molecule has 0 spiro atoms. The highest BCUT2D eigenvalue weighted by molar-refractivity contribution is 7.99. The van der Waals surface area contributed by atoms with Crippen molar-refractivity contribution >= 4 is 17.5 Å². The Morgan fingerprint density at radius 2 is 2.20 bits per heavy atom. The second-order valence-corrected chi connectivity index (χ2v) is 3.95.